The molecule has 9 nitrogen and oxygen atoms in total. The Balaban J connectivity index is 3.58. The van der Waals surface area contributed by atoms with Crippen molar-refractivity contribution >= 4 is 19.7 Å². The minimum atomic E-state index is -4.42. The minimum absolute atomic E-state index is 0.0776. The first-order valence-electron chi connectivity index (χ1n) is 22.5. The molecule has 0 aliphatic rings. The van der Waals surface area contributed by atoms with E-state index in [-0.39, 0.29) is 32.1 Å². The number of rotatable bonds is 42. The summed E-state index contributed by atoms with van der Waals surface area (Å²) in [4.78, 5) is 33.9. The second-order valence-corrected chi connectivity index (χ2v) is 16.5. The lowest BCUT2D eigenvalue weighted by atomic mass is 10.0. The van der Waals surface area contributed by atoms with Gasteiger partial charge in [0.25, 0.3) is 0 Å². The molecular formula is C45H84NO8P. The number of aliphatic hydroxyl groups is 1. The maximum Gasteiger partial charge on any atom is 0.472 e. The number of esters is 1. The fraction of sp³-hybridized carbons (Fsp3) is 0.822. The Bertz CT molecular complexity index is 1000. The summed E-state index contributed by atoms with van der Waals surface area (Å²) in [6, 6.07) is 0. The van der Waals surface area contributed by atoms with E-state index in [0.29, 0.717) is 6.42 Å². The number of allylic oxidation sites excluding steroid dienone is 6. The van der Waals surface area contributed by atoms with Gasteiger partial charge in [-0.3, -0.25) is 18.6 Å². The molecule has 0 saturated carbocycles. The molecule has 0 aliphatic carbocycles. The van der Waals surface area contributed by atoms with E-state index in [1.807, 2.05) is 0 Å². The summed E-state index contributed by atoms with van der Waals surface area (Å²) in [6.07, 6.45) is 46.4. The van der Waals surface area contributed by atoms with E-state index in [1.165, 1.54) is 122 Å². The summed E-state index contributed by atoms with van der Waals surface area (Å²) in [5.41, 5.74) is 0. The van der Waals surface area contributed by atoms with Crippen molar-refractivity contribution in [2.45, 2.75) is 213 Å². The van der Waals surface area contributed by atoms with Crippen LogP contribution in [0.5, 0.6) is 0 Å². The number of aliphatic hydroxyl groups excluding tert-OH is 1. The van der Waals surface area contributed by atoms with E-state index >= 15 is 0 Å². The summed E-state index contributed by atoms with van der Waals surface area (Å²) in [6.45, 7) is 3.51. The van der Waals surface area contributed by atoms with Gasteiger partial charge in [0.1, 0.15) is 12.7 Å². The van der Waals surface area contributed by atoms with E-state index in [4.69, 9.17) is 13.8 Å². The van der Waals surface area contributed by atoms with E-state index in [9.17, 15) is 24.2 Å². The van der Waals surface area contributed by atoms with Crippen LogP contribution in [0.2, 0.25) is 0 Å². The molecule has 10 heteroatoms. The average molecular weight is 798 g/mol. The van der Waals surface area contributed by atoms with Crippen LogP contribution < -0.4 is 5.32 Å². The number of unbranched alkanes of at least 4 members (excludes halogenated alkanes) is 23. The van der Waals surface area contributed by atoms with Crippen LogP contribution in [-0.2, 0) is 27.9 Å². The molecule has 0 spiro atoms. The zero-order valence-electron chi connectivity index (χ0n) is 35.4. The van der Waals surface area contributed by atoms with Gasteiger partial charge < -0.3 is 20.1 Å². The molecule has 55 heavy (non-hydrogen) atoms. The van der Waals surface area contributed by atoms with E-state index in [0.717, 1.165) is 57.8 Å². The van der Waals surface area contributed by atoms with Crippen molar-refractivity contribution in [3.63, 3.8) is 0 Å². The topological polar surface area (TPSA) is 131 Å². The van der Waals surface area contributed by atoms with Gasteiger partial charge >= 0.3 is 13.8 Å². The van der Waals surface area contributed by atoms with Crippen molar-refractivity contribution in [1.82, 2.24) is 5.32 Å². The summed E-state index contributed by atoms with van der Waals surface area (Å²) < 4.78 is 26.9. The number of amides is 1. The van der Waals surface area contributed by atoms with Crippen molar-refractivity contribution in [3.8, 4) is 0 Å². The number of hydrogen-bond donors (Lipinski definition) is 3. The van der Waals surface area contributed by atoms with E-state index < -0.39 is 26.5 Å². The molecule has 0 aromatic carbocycles. The molecule has 0 radical (unpaired) electrons. The molecule has 1 amide bonds. The third kappa shape index (κ3) is 43.2. The highest BCUT2D eigenvalue weighted by atomic mass is 31.2. The molecule has 0 rings (SSSR count). The predicted octanol–water partition coefficient (Wildman–Crippen LogP) is 12.6. The lowest BCUT2D eigenvalue weighted by molar-refractivity contribution is -0.147. The molecule has 0 aliphatic heterocycles. The molecule has 0 heterocycles. The Morgan fingerprint density at radius 1 is 0.564 bits per heavy atom. The Morgan fingerprint density at radius 3 is 1.51 bits per heavy atom. The number of hydrogen-bond acceptors (Lipinski definition) is 7. The van der Waals surface area contributed by atoms with Gasteiger partial charge in [0.15, 0.2) is 0 Å². The van der Waals surface area contributed by atoms with Gasteiger partial charge in [0.2, 0.25) is 5.91 Å². The van der Waals surface area contributed by atoms with Crippen molar-refractivity contribution in [2.24, 2.45) is 0 Å². The Hall–Kier alpha value is -1.77. The number of phosphoric acid groups is 1. The maximum atomic E-state index is 12.1. The SMILES string of the molecule is CCCCC/C=C\C/C=C\CCCCCCCCCCCCCC(=O)OCC(O)COP(=O)(O)OCCNC(=O)CCCCCCC/C=C\CCCCCC. The van der Waals surface area contributed by atoms with Crippen LogP contribution in [0.1, 0.15) is 206 Å². The van der Waals surface area contributed by atoms with E-state index in [1.54, 1.807) is 0 Å². The van der Waals surface area contributed by atoms with Crippen LogP contribution in [0, 0.1) is 0 Å². The molecule has 322 valence electrons. The second-order valence-electron chi connectivity index (χ2n) is 15.0. The molecular weight excluding hydrogens is 713 g/mol. The van der Waals surface area contributed by atoms with Crippen LogP contribution in [0.4, 0.5) is 0 Å². The molecule has 0 aromatic rings. The zero-order valence-corrected chi connectivity index (χ0v) is 36.3. The predicted molar refractivity (Wildman–Crippen MR) is 229 cm³/mol. The molecule has 2 atom stereocenters. The van der Waals surface area contributed by atoms with Gasteiger partial charge in [-0.1, -0.05) is 159 Å². The fourth-order valence-corrected chi connectivity index (χ4v) is 6.87. The van der Waals surface area contributed by atoms with Gasteiger partial charge in [-0.25, -0.2) is 4.57 Å². The molecule has 2 unspecified atom stereocenters. The van der Waals surface area contributed by atoms with Gasteiger partial charge in [-0.05, 0) is 70.6 Å². The first-order valence-corrected chi connectivity index (χ1v) is 24.0. The molecule has 3 N–H and O–H groups in total. The molecule has 0 fully saturated rings. The van der Waals surface area contributed by atoms with Crippen molar-refractivity contribution in [2.75, 3.05) is 26.4 Å². The van der Waals surface area contributed by atoms with Crippen molar-refractivity contribution in [3.05, 3.63) is 36.5 Å². The Morgan fingerprint density at radius 2 is 0.982 bits per heavy atom. The monoisotopic (exact) mass is 798 g/mol. The minimum Gasteiger partial charge on any atom is -0.463 e. The normalized spacial score (nSPS) is 13.6. The van der Waals surface area contributed by atoms with Crippen LogP contribution >= 0.6 is 7.82 Å². The van der Waals surface area contributed by atoms with E-state index in [2.05, 4.69) is 55.6 Å². The summed E-state index contributed by atoms with van der Waals surface area (Å²) in [7, 11) is -4.42. The standard InChI is InChI=1S/C45H84NO8P/c1-3-5-7-9-11-13-15-17-18-19-20-21-22-23-24-26-28-30-32-34-36-38-45(49)52-41-43(47)42-54-55(50,51)53-40-39-46-44(48)37-35-33-31-29-27-25-16-14-12-10-8-6-4-2/h11,13-14,16-18,43,47H,3-10,12,15,19-42H2,1-2H3,(H,46,48)(H,50,51)/b13-11-,16-14-,18-17-. The smallest absolute Gasteiger partial charge is 0.463 e. The number of phosphoric ester groups is 1. The van der Waals surface area contributed by atoms with Crippen molar-refractivity contribution < 1.29 is 37.9 Å². The molecule has 0 bridgehead atoms. The summed E-state index contributed by atoms with van der Waals surface area (Å²) in [5, 5.41) is 12.7. The average Bonchev–Trinajstić information content (AvgIpc) is 3.17. The third-order valence-corrected chi connectivity index (χ3v) is 10.5. The highest BCUT2D eigenvalue weighted by Gasteiger charge is 2.23. The van der Waals surface area contributed by atoms with Crippen molar-refractivity contribution in [1.29, 1.82) is 0 Å². The van der Waals surface area contributed by atoms with Gasteiger partial charge in [0.05, 0.1) is 13.2 Å². The zero-order chi connectivity index (χ0) is 40.3. The number of nitrogens with one attached hydrogen (secondary N) is 1. The first-order chi connectivity index (χ1) is 26.8. The second kappa shape index (κ2) is 41.9. The van der Waals surface area contributed by atoms with Gasteiger partial charge in [-0.2, -0.15) is 0 Å². The maximum absolute atomic E-state index is 12.1. The molecule has 0 aromatic heterocycles. The lowest BCUT2D eigenvalue weighted by Crippen LogP contribution is -2.27. The van der Waals surface area contributed by atoms with Crippen LogP contribution in [0.15, 0.2) is 36.5 Å². The lowest BCUT2D eigenvalue weighted by Gasteiger charge is -2.15. The Labute approximate surface area is 337 Å². The highest BCUT2D eigenvalue weighted by Crippen LogP contribution is 2.42. The quantitative estimate of drug-likeness (QED) is 0.0241. The summed E-state index contributed by atoms with van der Waals surface area (Å²) in [5.74, 6) is -0.525. The van der Waals surface area contributed by atoms with Crippen LogP contribution in [0.25, 0.3) is 0 Å². The number of ether oxygens (including phenoxy) is 1. The largest absolute Gasteiger partial charge is 0.472 e. The van der Waals surface area contributed by atoms with Gasteiger partial charge in [-0.15, -0.1) is 0 Å². The van der Waals surface area contributed by atoms with Crippen LogP contribution in [-0.4, -0.2) is 54.3 Å². The Kier molecular flexibility index (Phi) is 40.5. The highest BCUT2D eigenvalue weighted by molar-refractivity contribution is 7.47. The van der Waals surface area contributed by atoms with Gasteiger partial charge in [0, 0.05) is 19.4 Å². The third-order valence-electron chi connectivity index (χ3n) is 9.54. The summed E-state index contributed by atoms with van der Waals surface area (Å²) >= 11 is 0. The first kappa shape index (κ1) is 53.2. The molecule has 0 saturated heterocycles. The number of carbonyl (C=O) groups is 2. The van der Waals surface area contributed by atoms with Crippen LogP contribution in [0.3, 0.4) is 0 Å². The number of carbonyl (C=O) groups excluding carboxylic acids is 2. The fourth-order valence-electron chi connectivity index (χ4n) is 6.11.